The highest BCUT2D eigenvalue weighted by molar-refractivity contribution is 5.35. The van der Waals surface area contributed by atoms with Crippen molar-refractivity contribution in [2.45, 2.75) is 47.2 Å². The first kappa shape index (κ1) is 14.8. The summed E-state index contributed by atoms with van der Waals surface area (Å²) in [6, 6.07) is 9.15. The Morgan fingerprint density at radius 1 is 1.05 bits per heavy atom. The molecule has 0 radical (unpaired) electrons. The Kier molecular flexibility index (Phi) is 4.61. The molecular formula is C17H25N3. The highest BCUT2D eigenvalue weighted by Gasteiger charge is 2.18. The SMILES string of the molecule is CCNC(c1cc(C)cc(C)c1)c1cc(C)nn1CC. The van der Waals surface area contributed by atoms with E-state index in [0.29, 0.717) is 0 Å². The molecular weight excluding hydrogens is 246 g/mol. The predicted molar refractivity (Wildman–Crippen MR) is 84.1 cm³/mol. The summed E-state index contributed by atoms with van der Waals surface area (Å²) < 4.78 is 2.10. The molecule has 0 aliphatic rings. The number of aromatic nitrogens is 2. The van der Waals surface area contributed by atoms with Crippen LogP contribution in [0.15, 0.2) is 24.3 Å². The van der Waals surface area contributed by atoms with Crippen LogP contribution < -0.4 is 5.32 Å². The Bertz CT molecular complexity index is 564. The van der Waals surface area contributed by atoms with E-state index in [4.69, 9.17) is 0 Å². The average Bonchev–Trinajstić information content (AvgIpc) is 2.75. The van der Waals surface area contributed by atoms with Crippen molar-refractivity contribution in [3.63, 3.8) is 0 Å². The molecule has 1 N–H and O–H groups in total. The normalized spacial score (nSPS) is 12.7. The summed E-state index contributed by atoms with van der Waals surface area (Å²) in [5.41, 5.74) is 6.26. The second-order valence-corrected chi connectivity index (χ2v) is 5.44. The molecule has 1 atom stereocenters. The molecule has 0 fully saturated rings. The summed E-state index contributed by atoms with van der Waals surface area (Å²) in [6.07, 6.45) is 0. The van der Waals surface area contributed by atoms with Crippen LogP contribution in [-0.2, 0) is 6.54 Å². The van der Waals surface area contributed by atoms with E-state index in [0.717, 1.165) is 18.8 Å². The standard InChI is InChI=1S/C17H25N3/c1-6-18-17(15-9-12(3)8-13(4)10-15)16-11-14(5)19-20(16)7-2/h8-11,17-18H,6-7H2,1-5H3. The van der Waals surface area contributed by atoms with E-state index in [-0.39, 0.29) is 6.04 Å². The van der Waals surface area contributed by atoms with Gasteiger partial charge in [0.1, 0.15) is 0 Å². The molecule has 1 aromatic carbocycles. The van der Waals surface area contributed by atoms with Gasteiger partial charge in [0.2, 0.25) is 0 Å². The second kappa shape index (κ2) is 6.23. The molecule has 2 aromatic rings. The summed E-state index contributed by atoms with van der Waals surface area (Å²) >= 11 is 0. The van der Waals surface area contributed by atoms with Gasteiger partial charge in [-0.3, -0.25) is 4.68 Å². The molecule has 0 aliphatic heterocycles. The van der Waals surface area contributed by atoms with E-state index >= 15 is 0 Å². The van der Waals surface area contributed by atoms with E-state index in [1.54, 1.807) is 0 Å². The van der Waals surface area contributed by atoms with Gasteiger partial charge in [-0.25, -0.2) is 0 Å². The second-order valence-electron chi connectivity index (χ2n) is 5.44. The van der Waals surface area contributed by atoms with Crippen LogP contribution in [0.4, 0.5) is 0 Å². The number of benzene rings is 1. The predicted octanol–water partition coefficient (Wildman–Crippen LogP) is 3.53. The highest BCUT2D eigenvalue weighted by atomic mass is 15.3. The van der Waals surface area contributed by atoms with Crippen molar-refractivity contribution in [2.75, 3.05) is 6.54 Å². The van der Waals surface area contributed by atoms with Gasteiger partial charge in [0, 0.05) is 6.54 Å². The van der Waals surface area contributed by atoms with E-state index in [2.05, 4.69) is 74.0 Å². The zero-order chi connectivity index (χ0) is 14.7. The number of nitrogens with zero attached hydrogens (tertiary/aromatic N) is 2. The van der Waals surface area contributed by atoms with E-state index < -0.39 is 0 Å². The third-order valence-corrected chi connectivity index (χ3v) is 3.51. The van der Waals surface area contributed by atoms with Crippen molar-refractivity contribution in [2.24, 2.45) is 0 Å². The lowest BCUT2D eigenvalue weighted by atomic mass is 9.98. The topological polar surface area (TPSA) is 29.9 Å². The third kappa shape index (κ3) is 3.10. The molecule has 20 heavy (non-hydrogen) atoms. The van der Waals surface area contributed by atoms with Gasteiger partial charge in [-0.15, -0.1) is 0 Å². The number of hydrogen-bond donors (Lipinski definition) is 1. The minimum atomic E-state index is 0.208. The molecule has 0 spiro atoms. The Morgan fingerprint density at radius 3 is 2.25 bits per heavy atom. The summed E-state index contributed by atoms with van der Waals surface area (Å²) in [5, 5.41) is 8.18. The number of hydrogen-bond acceptors (Lipinski definition) is 2. The van der Waals surface area contributed by atoms with Crippen LogP contribution in [0, 0.1) is 20.8 Å². The Labute approximate surface area is 122 Å². The maximum atomic E-state index is 4.58. The van der Waals surface area contributed by atoms with E-state index in [1.807, 2.05) is 0 Å². The molecule has 1 heterocycles. The summed E-state index contributed by atoms with van der Waals surface area (Å²) in [4.78, 5) is 0. The molecule has 0 saturated carbocycles. The first-order valence-electron chi connectivity index (χ1n) is 7.41. The average molecular weight is 271 g/mol. The van der Waals surface area contributed by atoms with Crippen molar-refractivity contribution >= 4 is 0 Å². The van der Waals surface area contributed by atoms with Crippen LogP contribution in [0.1, 0.15) is 48.0 Å². The molecule has 2 rings (SSSR count). The molecule has 108 valence electrons. The summed E-state index contributed by atoms with van der Waals surface area (Å²) in [7, 11) is 0. The lowest BCUT2D eigenvalue weighted by Crippen LogP contribution is -2.25. The van der Waals surface area contributed by atoms with Gasteiger partial charge in [0.15, 0.2) is 0 Å². The highest BCUT2D eigenvalue weighted by Crippen LogP contribution is 2.25. The maximum Gasteiger partial charge on any atom is 0.0748 e. The molecule has 3 heteroatoms. The van der Waals surface area contributed by atoms with Gasteiger partial charge < -0.3 is 5.32 Å². The molecule has 0 saturated heterocycles. The van der Waals surface area contributed by atoms with Gasteiger partial charge in [-0.2, -0.15) is 5.10 Å². The van der Waals surface area contributed by atoms with Crippen molar-refractivity contribution in [1.82, 2.24) is 15.1 Å². The quantitative estimate of drug-likeness (QED) is 0.901. The van der Waals surface area contributed by atoms with E-state index in [9.17, 15) is 0 Å². The van der Waals surface area contributed by atoms with Crippen LogP contribution in [0.3, 0.4) is 0 Å². The Morgan fingerprint density at radius 2 is 1.70 bits per heavy atom. The van der Waals surface area contributed by atoms with Crippen LogP contribution in [0.2, 0.25) is 0 Å². The molecule has 1 aromatic heterocycles. The fourth-order valence-corrected chi connectivity index (χ4v) is 2.83. The first-order chi connectivity index (χ1) is 9.55. The van der Waals surface area contributed by atoms with Crippen molar-refractivity contribution < 1.29 is 0 Å². The summed E-state index contributed by atoms with van der Waals surface area (Å²) in [5.74, 6) is 0. The number of nitrogens with one attached hydrogen (secondary N) is 1. The number of aryl methyl sites for hydroxylation is 4. The van der Waals surface area contributed by atoms with Gasteiger partial charge in [0.25, 0.3) is 0 Å². The monoisotopic (exact) mass is 271 g/mol. The lowest BCUT2D eigenvalue weighted by molar-refractivity contribution is 0.541. The molecule has 3 nitrogen and oxygen atoms in total. The third-order valence-electron chi connectivity index (χ3n) is 3.51. The van der Waals surface area contributed by atoms with Crippen LogP contribution >= 0.6 is 0 Å². The maximum absolute atomic E-state index is 4.58. The summed E-state index contributed by atoms with van der Waals surface area (Å²) in [6.45, 7) is 12.5. The first-order valence-corrected chi connectivity index (χ1v) is 7.41. The Balaban J connectivity index is 2.49. The zero-order valence-corrected chi connectivity index (χ0v) is 13.2. The van der Waals surface area contributed by atoms with Crippen LogP contribution in [0.5, 0.6) is 0 Å². The molecule has 1 unspecified atom stereocenters. The van der Waals surface area contributed by atoms with Gasteiger partial charge >= 0.3 is 0 Å². The van der Waals surface area contributed by atoms with Gasteiger partial charge in [-0.1, -0.05) is 36.2 Å². The fourth-order valence-electron chi connectivity index (χ4n) is 2.83. The molecule has 0 aliphatic carbocycles. The van der Waals surface area contributed by atoms with Crippen LogP contribution in [-0.4, -0.2) is 16.3 Å². The van der Waals surface area contributed by atoms with Crippen molar-refractivity contribution in [3.05, 3.63) is 52.3 Å². The smallest absolute Gasteiger partial charge is 0.0748 e. The minimum absolute atomic E-state index is 0.208. The van der Waals surface area contributed by atoms with Crippen molar-refractivity contribution in [3.8, 4) is 0 Å². The van der Waals surface area contributed by atoms with Crippen LogP contribution in [0.25, 0.3) is 0 Å². The zero-order valence-electron chi connectivity index (χ0n) is 13.2. The van der Waals surface area contributed by atoms with E-state index in [1.165, 1.54) is 22.4 Å². The minimum Gasteiger partial charge on any atom is -0.305 e. The largest absolute Gasteiger partial charge is 0.305 e. The van der Waals surface area contributed by atoms with Gasteiger partial charge in [-0.05, 0) is 45.9 Å². The number of rotatable bonds is 5. The Hall–Kier alpha value is -1.61. The molecule has 0 amide bonds. The van der Waals surface area contributed by atoms with Gasteiger partial charge in [0.05, 0.1) is 17.4 Å². The fraction of sp³-hybridized carbons (Fsp3) is 0.471. The lowest BCUT2D eigenvalue weighted by Gasteiger charge is -2.20. The molecule has 0 bridgehead atoms. The van der Waals surface area contributed by atoms with Crippen molar-refractivity contribution in [1.29, 1.82) is 0 Å².